The van der Waals surface area contributed by atoms with Gasteiger partial charge in [0.05, 0.1) is 19.1 Å². The van der Waals surface area contributed by atoms with Crippen molar-refractivity contribution in [2.45, 2.75) is 26.2 Å². The van der Waals surface area contributed by atoms with Gasteiger partial charge in [0.2, 0.25) is 5.91 Å². The van der Waals surface area contributed by atoms with Crippen molar-refractivity contribution in [3.05, 3.63) is 59.0 Å². The van der Waals surface area contributed by atoms with Crippen LogP contribution in [0.15, 0.2) is 53.4 Å². The Morgan fingerprint density at radius 3 is 2.83 bits per heavy atom. The Labute approximate surface area is 184 Å². The maximum Gasteiger partial charge on any atom is 0.227 e. The third-order valence-corrected chi connectivity index (χ3v) is 6.90. The van der Waals surface area contributed by atoms with Gasteiger partial charge in [-0.3, -0.25) is 9.69 Å². The van der Waals surface area contributed by atoms with E-state index in [-0.39, 0.29) is 5.92 Å². The zero-order valence-electron chi connectivity index (χ0n) is 17.9. The normalized spacial score (nSPS) is 20.8. The van der Waals surface area contributed by atoms with Crippen LogP contribution in [0.4, 0.5) is 0 Å². The topological polar surface area (TPSA) is 32.8 Å². The molecule has 1 saturated heterocycles. The van der Waals surface area contributed by atoms with Crippen LogP contribution in [0.25, 0.3) is 10.4 Å². The van der Waals surface area contributed by atoms with Crippen molar-refractivity contribution in [1.29, 1.82) is 0 Å². The number of carbonyl (C=O) groups is 1. The third kappa shape index (κ3) is 5.20. The van der Waals surface area contributed by atoms with Crippen molar-refractivity contribution in [3.63, 3.8) is 0 Å². The summed E-state index contributed by atoms with van der Waals surface area (Å²) >= 11 is 1.76. The molecule has 160 valence electrons. The van der Waals surface area contributed by atoms with E-state index in [1.807, 2.05) is 0 Å². The number of amides is 1. The molecule has 1 atom stereocenters. The first kappa shape index (κ1) is 21.3. The number of benzene rings is 1. The van der Waals surface area contributed by atoms with E-state index < -0.39 is 0 Å². The van der Waals surface area contributed by atoms with Crippen LogP contribution >= 0.6 is 11.3 Å². The highest BCUT2D eigenvalue weighted by Gasteiger charge is 2.31. The Bertz CT molecular complexity index is 862. The molecular formula is C25H32N2O2S. The van der Waals surface area contributed by atoms with Gasteiger partial charge in [0, 0.05) is 37.6 Å². The van der Waals surface area contributed by atoms with Crippen molar-refractivity contribution in [2.24, 2.45) is 5.92 Å². The van der Waals surface area contributed by atoms with Gasteiger partial charge in [0.15, 0.2) is 0 Å². The number of thiophene rings is 1. The first-order valence-corrected chi connectivity index (χ1v) is 12.0. The molecule has 30 heavy (non-hydrogen) atoms. The summed E-state index contributed by atoms with van der Waals surface area (Å²) in [6.07, 6.45) is 5.12. The molecule has 1 aromatic heterocycles. The van der Waals surface area contributed by atoms with Crippen molar-refractivity contribution >= 4 is 17.2 Å². The molecule has 0 aliphatic carbocycles. The van der Waals surface area contributed by atoms with E-state index in [4.69, 9.17) is 4.74 Å². The molecule has 2 aromatic rings. The summed E-state index contributed by atoms with van der Waals surface area (Å²) < 4.78 is 5.64. The lowest BCUT2D eigenvalue weighted by Crippen LogP contribution is -2.38. The number of rotatable bonds is 7. The van der Waals surface area contributed by atoms with Gasteiger partial charge < -0.3 is 9.64 Å². The third-order valence-electron chi connectivity index (χ3n) is 6.00. The van der Waals surface area contributed by atoms with E-state index in [0.717, 1.165) is 65.2 Å². The van der Waals surface area contributed by atoms with Crippen LogP contribution in [-0.4, -0.2) is 61.6 Å². The van der Waals surface area contributed by atoms with Crippen LogP contribution in [0.3, 0.4) is 0 Å². The molecule has 0 spiro atoms. The van der Waals surface area contributed by atoms with Gasteiger partial charge in [-0.2, -0.15) is 0 Å². The highest BCUT2D eigenvalue weighted by molar-refractivity contribution is 7.13. The van der Waals surface area contributed by atoms with Gasteiger partial charge in [0.1, 0.15) is 0 Å². The smallest absolute Gasteiger partial charge is 0.227 e. The summed E-state index contributed by atoms with van der Waals surface area (Å²) in [5, 5.41) is 2.12. The summed E-state index contributed by atoms with van der Waals surface area (Å²) in [4.78, 5) is 19.3. The summed E-state index contributed by atoms with van der Waals surface area (Å²) in [6, 6.07) is 12.8. The fourth-order valence-corrected chi connectivity index (χ4v) is 5.33. The first-order valence-electron chi connectivity index (χ1n) is 11.1. The molecule has 4 rings (SSSR count). The van der Waals surface area contributed by atoms with Gasteiger partial charge in [0.25, 0.3) is 0 Å². The lowest BCUT2D eigenvalue weighted by Gasteiger charge is -2.26. The molecule has 1 amide bonds. The SMILES string of the molecule is CCCN1CCN(CC2=CCCOC2)C[C@@H](Cc2ccccc2-c2cccs2)C1=O. The zero-order chi connectivity index (χ0) is 20.8. The van der Waals surface area contributed by atoms with E-state index in [9.17, 15) is 4.79 Å². The number of nitrogens with zero attached hydrogens (tertiary/aromatic N) is 2. The van der Waals surface area contributed by atoms with Crippen molar-refractivity contribution in [1.82, 2.24) is 9.80 Å². The zero-order valence-corrected chi connectivity index (χ0v) is 18.7. The molecule has 5 heteroatoms. The van der Waals surface area contributed by atoms with Gasteiger partial charge in [-0.05, 0) is 47.4 Å². The van der Waals surface area contributed by atoms with Crippen LogP contribution in [-0.2, 0) is 16.0 Å². The molecule has 1 aromatic carbocycles. The number of ether oxygens (including phenoxy) is 1. The van der Waals surface area contributed by atoms with Gasteiger partial charge in [-0.15, -0.1) is 11.3 Å². The molecule has 0 bridgehead atoms. The maximum atomic E-state index is 13.4. The van der Waals surface area contributed by atoms with Crippen molar-refractivity contribution in [3.8, 4) is 10.4 Å². The van der Waals surface area contributed by atoms with Crippen LogP contribution < -0.4 is 0 Å². The van der Waals surface area contributed by atoms with E-state index in [1.165, 1.54) is 21.6 Å². The molecule has 1 fully saturated rings. The molecule has 2 aliphatic rings. The fourth-order valence-electron chi connectivity index (χ4n) is 4.54. The Morgan fingerprint density at radius 1 is 1.17 bits per heavy atom. The Kier molecular flexibility index (Phi) is 7.37. The molecule has 0 N–H and O–H groups in total. The van der Waals surface area contributed by atoms with Crippen molar-refractivity contribution in [2.75, 3.05) is 45.9 Å². The van der Waals surface area contributed by atoms with E-state index in [2.05, 4.69) is 64.6 Å². The van der Waals surface area contributed by atoms with Gasteiger partial charge >= 0.3 is 0 Å². The maximum absolute atomic E-state index is 13.4. The Hall–Kier alpha value is -1.95. The predicted octanol–water partition coefficient (Wildman–Crippen LogP) is 4.47. The summed E-state index contributed by atoms with van der Waals surface area (Å²) in [5.41, 5.74) is 3.90. The minimum absolute atomic E-state index is 0.00901. The summed E-state index contributed by atoms with van der Waals surface area (Å²) in [7, 11) is 0. The minimum Gasteiger partial charge on any atom is -0.377 e. The lowest BCUT2D eigenvalue weighted by atomic mass is 9.93. The number of hydrogen-bond donors (Lipinski definition) is 0. The highest BCUT2D eigenvalue weighted by atomic mass is 32.1. The molecular weight excluding hydrogens is 392 g/mol. The van der Waals surface area contributed by atoms with Gasteiger partial charge in [-0.1, -0.05) is 43.3 Å². The molecule has 0 saturated carbocycles. The number of carbonyl (C=O) groups excluding carboxylic acids is 1. The molecule has 0 unspecified atom stereocenters. The lowest BCUT2D eigenvalue weighted by molar-refractivity contribution is -0.134. The van der Waals surface area contributed by atoms with Crippen LogP contribution in [0, 0.1) is 5.92 Å². The fraction of sp³-hybridized carbons (Fsp3) is 0.480. The summed E-state index contributed by atoms with van der Waals surface area (Å²) in [5.74, 6) is 0.305. The Balaban J connectivity index is 1.55. The Morgan fingerprint density at radius 2 is 2.07 bits per heavy atom. The van der Waals surface area contributed by atoms with E-state index >= 15 is 0 Å². The largest absolute Gasteiger partial charge is 0.377 e. The average Bonchev–Trinajstić information content (AvgIpc) is 3.27. The average molecular weight is 425 g/mol. The number of hydrogen-bond acceptors (Lipinski definition) is 4. The molecule has 3 heterocycles. The second kappa shape index (κ2) is 10.4. The van der Waals surface area contributed by atoms with Gasteiger partial charge in [-0.25, -0.2) is 0 Å². The molecule has 4 nitrogen and oxygen atoms in total. The monoisotopic (exact) mass is 424 g/mol. The molecule has 2 aliphatic heterocycles. The van der Waals surface area contributed by atoms with E-state index in [1.54, 1.807) is 11.3 Å². The van der Waals surface area contributed by atoms with Crippen molar-refractivity contribution < 1.29 is 9.53 Å². The first-order chi connectivity index (χ1) is 14.7. The second-order valence-electron chi connectivity index (χ2n) is 8.30. The summed E-state index contributed by atoms with van der Waals surface area (Å²) in [6.45, 7) is 8.05. The standard InChI is InChI=1S/C25H32N2O2S/c1-2-11-27-13-12-26(17-20-7-5-14-29-19-20)18-22(25(27)28)16-21-8-3-4-9-23(21)24-10-6-15-30-24/h3-4,6-10,15,22H,2,5,11-14,16-19H2,1H3/t22-/m1/s1. The predicted molar refractivity (Wildman–Crippen MR) is 124 cm³/mol. The second-order valence-corrected chi connectivity index (χ2v) is 9.25. The van der Waals surface area contributed by atoms with Crippen LogP contribution in [0.5, 0.6) is 0 Å². The quantitative estimate of drug-likeness (QED) is 0.615. The molecule has 0 radical (unpaired) electrons. The van der Waals surface area contributed by atoms with Crippen LogP contribution in [0.2, 0.25) is 0 Å². The van der Waals surface area contributed by atoms with Crippen LogP contribution in [0.1, 0.15) is 25.3 Å². The highest BCUT2D eigenvalue weighted by Crippen LogP contribution is 2.30. The van der Waals surface area contributed by atoms with E-state index in [0.29, 0.717) is 5.91 Å². The minimum atomic E-state index is -0.00901.